The van der Waals surface area contributed by atoms with E-state index in [1.165, 1.54) is 14.0 Å². The lowest BCUT2D eigenvalue weighted by Crippen LogP contribution is -2.34. The standard InChI is InChI=1S/C8H14N2O3/c1-5(11)10-6-3-7(9-4-6)8(12)13-2/h6-7,9H,3-4H2,1-2H3,(H,10,11)/t6-,7+/m1/s1. The molecular formula is C8H14N2O3. The number of hydrogen-bond acceptors (Lipinski definition) is 4. The lowest BCUT2D eigenvalue weighted by molar-refractivity contribution is -0.142. The fraction of sp³-hybridized carbons (Fsp3) is 0.750. The molecule has 0 aromatic carbocycles. The van der Waals surface area contributed by atoms with E-state index in [4.69, 9.17) is 0 Å². The Hall–Kier alpha value is -1.10. The minimum absolute atomic E-state index is 0.0431. The summed E-state index contributed by atoms with van der Waals surface area (Å²) in [6.45, 7) is 2.09. The highest BCUT2D eigenvalue weighted by atomic mass is 16.5. The van der Waals surface area contributed by atoms with E-state index in [-0.39, 0.29) is 24.0 Å². The van der Waals surface area contributed by atoms with Crippen LogP contribution in [-0.2, 0) is 14.3 Å². The Labute approximate surface area is 76.8 Å². The molecule has 1 amide bonds. The largest absolute Gasteiger partial charge is 0.468 e. The Morgan fingerprint density at radius 1 is 1.54 bits per heavy atom. The van der Waals surface area contributed by atoms with Crippen LogP contribution in [0.15, 0.2) is 0 Å². The number of esters is 1. The number of ether oxygens (including phenoxy) is 1. The van der Waals surface area contributed by atoms with Gasteiger partial charge in [-0.3, -0.25) is 9.59 Å². The number of methoxy groups -OCH3 is 1. The first-order chi connectivity index (χ1) is 6.13. The van der Waals surface area contributed by atoms with Crippen molar-refractivity contribution >= 4 is 11.9 Å². The molecule has 5 heteroatoms. The van der Waals surface area contributed by atoms with Gasteiger partial charge in [-0.05, 0) is 6.42 Å². The fourth-order valence-corrected chi connectivity index (χ4v) is 1.45. The van der Waals surface area contributed by atoms with E-state index in [0.29, 0.717) is 13.0 Å². The summed E-state index contributed by atoms with van der Waals surface area (Å²) in [5.74, 6) is -0.342. The van der Waals surface area contributed by atoms with E-state index in [9.17, 15) is 9.59 Å². The smallest absolute Gasteiger partial charge is 0.322 e. The third-order valence-electron chi connectivity index (χ3n) is 2.02. The van der Waals surface area contributed by atoms with Gasteiger partial charge in [0.1, 0.15) is 6.04 Å². The highest BCUT2D eigenvalue weighted by Crippen LogP contribution is 2.07. The molecule has 1 aliphatic rings. The molecule has 0 aromatic heterocycles. The third-order valence-corrected chi connectivity index (χ3v) is 2.02. The maximum Gasteiger partial charge on any atom is 0.322 e. The summed E-state index contributed by atoms with van der Waals surface area (Å²) in [7, 11) is 1.36. The van der Waals surface area contributed by atoms with Gasteiger partial charge in [0.05, 0.1) is 7.11 Å². The van der Waals surface area contributed by atoms with Crippen LogP contribution in [0.25, 0.3) is 0 Å². The summed E-state index contributed by atoms with van der Waals surface area (Å²) >= 11 is 0. The molecule has 74 valence electrons. The van der Waals surface area contributed by atoms with Crippen molar-refractivity contribution in [1.82, 2.24) is 10.6 Å². The molecule has 1 saturated heterocycles. The molecular weight excluding hydrogens is 172 g/mol. The molecule has 0 spiro atoms. The molecule has 5 nitrogen and oxygen atoms in total. The monoisotopic (exact) mass is 186 g/mol. The summed E-state index contributed by atoms with van der Waals surface area (Å²) < 4.78 is 4.57. The molecule has 0 aliphatic carbocycles. The van der Waals surface area contributed by atoms with Gasteiger partial charge >= 0.3 is 5.97 Å². The van der Waals surface area contributed by atoms with Crippen LogP contribution in [0.3, 0.4) is 0 Å². The molecule has 2 atom stereocenters. The lowest BCUT2D eigenvalue weighted by atomic mass is 10.2. The van der Waals surface area contributed by atoms with Crippen LogP contribution in [0.5, 0.6) is 0 Å². The summed E-state index contributed by atoms with van der Waals surface area (Å²) in [6.07, 6.45) is 0.603. The minimum atomic E-state index is -0.276. The van der Waals surface area contributed by atoms with Gasteiger partial charge in [-0.2, -0.15) is 0 Å². The van der Waals surface area contributed by atoms with Gasteiger partial charge in [0, 0.05) is 19.5 Å². The minimum Gasteiger partial charge on any atom is -0.468 e. The van der Waals surface area contributed by atoms with Crippen LogP contribution in [0.4, 0.5) is 0 Å². The normalized spacial score (nSPS) is 26.9. The Bertz CT molecular complexity index is 217. The Morgan fingerprint density at radius 2 is 2.23 bits per heavy atom. The number of nitrogens with one attached hydrogen (secondary N) is 2. The van der Waals surface area contributed by atoms with E-state index in [1.54, 1.807) is 0 Å². The number of hydrogen-bond donors (Lipinski definition) is 2. The van der Waals surface area contributed by atoms with Crippen molar-refractivity contribution in [3.05, 3.63) is 0 Å². The Balaban J connectivity index is 2.36. The molecule has 0 aromatic rings. The van der Waals surface area contributed by atoms with Gasteiger partial charge in [0.25, 0.3) is 0 Å². The van der Waals surface area contributed by atoms with E-state index in [1.807, 2.05) is 0 Å². The molecule has 0 unspecified atom stereocenters. The molecule has 13 heavy (non-hydrogen) atoms. The van der Waals surface area contributed by atoms with Gasteiger partial charge in [-0.1, -0.05) is 0 Å². The van der Waals surface area contributed by atoms with Crippen molar-refractivity contribution in [3.63, 3.8) is 0 Å². The SMILES string of the molecule is COC(=O)[C@@H]1C[C@@H](NC(C)=O)CN1. The van der Waals surface area contributed by atoms with Crippen molar-refractivity contribution in [2.45, 2.75) is 25.4 Å². The van der Waals surface area contributed by atoms with E-state index in [2.05, 4.69) is 15.4 Å². The molecule has 1 fully saturated rings. The van der Waals surface area contributed by atoms with E-state index >= 15 is 0 Å². The van der Waals surface area contributed by atoms with Gasteiger partial charge in [-0.15, -0.1) is 0 Å². The van der Waals surface area contributed by atoms with E-state index in [0.717, 1.165) is 0 Å². The first kappa shape index (κ1) is 9.98. The first-order valence-corrected chi connectivity index (χ1v) is 4.21. The fourth-order valence-electron chi connectivity index (χ4n) is 1.45. The quantitative estimate of drug-likeness (QED) is 0.544. The lowest BCUT2D eigenvalue weighted by Gasteiger charge is -2.09. The molecule has 1 aliphatic heterocycles. The Kier molecular flexibility index (Phi) is 3.25. The first-order valence-electron chi connectivity index (χ1n) is 4.21. The van der Waals surface area contributed by atoms with Crippen molar-refractivity contribution in [1.29, 1.82) is 0 Å². The predicted octanol–water partition coefficient (Wildman–Crippen LogP) is -0.974. The van der Waals surface area contributed by atoms with Crippen molar-refractivity contribution in [3.8, 4) is 0 Å². The van der Waals surface area contributed by atoms with Crippen molar-refractivity contribution < 1.29 is 14.3 Å². The molecule has 0 saturated carbocycles. The summed E-state index contributed by atoms with van der Waals surface area (Å²) in [6, 6.07) is -0.233. The highest BCUT2D eigenvalue weighted by Gasteiger charge is 2.30. The average Bonchev–Trinajstić information content (AvgIpc) is 2.50. The van der Waals surface area contributed by atoms with E-state index < -0.39 is 0 Å². The summed E-state index contributed by atoms with van der Waals surface area (Å²) in [5, 5.41) is 5.71. The van der Waals surface area contributed by atoms with Gasteiger partial charge in [0.15, 0.2) is 0 Å². The average molecular weight is 186 g/mol. The molecule has 0 bridgehead atoms. The predicted molar refractivity (Wildman–Crippen MR) is 46.0 cm³/mol. The molecule has 1 rings (SSSR count). The zero-order valence-corrected chi connectivity index (χ0v) is 7.79. The molecule has 1 heterocycles. The van der Waals surface area contributed by atoms with Crippen molar-refractivity contribution in [2.75, 3.05) is 13.7 Å². The van der Waals surface area contributed by atoms with Crippen LogP contribution in [0.1, 0.15) is 13.3 Å². The van der Waals surface area contributed by atoms with Crippen LogP contribution < -0.4 is 10.6 Å². The van der Waals surface area contributed by atoms with Gasteiger partial charge in [-0.25, -0.2) is 0 Å². The van der Waals surface area contributed by atoms with Crippen LogP contribution in [0.2, 0.25) is 0 Å². The zero-order chi connectivity index (χ0) is 9.84. The summed E-state index contributed by atoms with van der Waals surface area (Å²) in [4.78, 5) is 21.7. The topological polar surface area (TPSA) is 67.4 Å². The van der Waals surface area contributed by atoms with Crippen LogP contribution in [0, 0.1) is 0 Å². The highest BCUT2D eigenvalue weighted by molar-refractivity contribution is 5.77. The number of carbonyl (C=O) groups excluding carboxylic acids is 2. The maximum atomic E-state index is 11.0. The van der Waals surface area contributed by atoms with Gasteiger partial charge < -0.3 is 15.4 Å². The van der Waals surface area contributed by atoms with Crippen LogP contribution >= 0.6 is 0 Å². The summed E-state index contributed by atoms with van der Waals surface area (Å²) in [5.41, 5.74) is 0. The zero-order valence-electron chi connectivity index (χ0n) is 7.79. The van der Waals surface area contributed by atoms with Gasteiger partial charge in [0.2, 0.25) is 5.91 Å². The second-order valence-corrected chi connectivity index (χ2v) is 3.12. The number of amides is 1. The number of carbonyl (C=O) groups is 2. The maximum absolute atomic E-state index is 11.0. The number of rotatable bonds is 2. The van der Waals surface area contributed by atoms with Crippen molar-refractivity contribution in [2.24, 2.45) is 0 Å². The Morgan fingerprint density at radius 3 is 2.77 bits per heavy atom. The second kappa shape index (κ2) is 4.23. The van der Waals surface area contributed by atoms with Crippen LogP contribution in [-0.4, -0.2) is 37.6 Å². The third kappa shape index (κ3) is 2.69. The molecule has 2 N–H and O–H groups in total. The second-order valence-electron chi connectivity index (χ2n) is 3.12. The molecule has 0 radical (unpaired) electrons.